The minimum Gasteiger partial charge on any atom is -0.466 e. The molecule has 0 saturated heterocycles. The third-order valence-corrected chi connectivity index (χ3v) is 3.94. The molecule has 0 saturated carbocycles. The van der Waals surface area contributed by atoms with E-state index in [0.717, 1.165) is 22.0 Å². The topological polar surface area (TPSA) is 62.5 Å². The Balaban J connectivity index is 1.76. The summed E-state index contributed by atoms with van der Waals surface area (Å²) in [7, 11) is 0. The molecule has 0 bridgehead atoms. The van der Waals surface area contributed by atoms with E-state index in [1.807, 2.05) is 37.4 Å². The maximum absolute atomic E-state index is 11.6. The number of aryl methyl sites for hydroxylation is 2. The van der Waals surface area contributed by atoms with Crippen LogP contribution in [0.25, 0.3) is 6.08 Å². The Labute approximate surface area is 128 Å². The van der Waals surface area contributed by atoms with Crippen LogP contribution in [0.3, 0.4) is 0 Å². The second-order valence-electron chi connectivity index (χ2n) is 4.81. The van der Waals surface area contributed by atoms with Gasteiger partial charge in [-0.2, -0.15) is 0 Å². The first-order chi connectivity index (χ1) is 10.1. The highest BCUT2D eigenvalue weighted by atomic mass is 32.1. The number of amides is 1. The molecule has 5 heteroatoms. The summed E-state index contributed by atoms with van der Waals surface area (Å²) in [5, 5.41) is 14.8. The van der Waals surface area contributed by atoms with E-state index in [1.54, 1.807) is 17.4 Å². The maximum atomic E-state index is 11.6. The Morgan fingerprint density at radius 1 is 1.52 bits per heavy atom. The van der Waals surface area contributed by atoms with Gasteiger partial charge in [-0.1, -0.05) is 6.07 Å². The zero-order chi connectivity index (χ0) is 15.2. The lowest BCUT2D eigenvalue weighted by atomic mass is 10.1. The number of hydrogen-bond donors (Lipinski definition) is 2. The molecule has 1 amide bonds. The Morgan fingerprint density at radius 2 is 2.33 bits per heavy atom. The van der Waals surface area contributed by atoms with E-state index < -0.39 is 6.10 Å². The van der Waals surface area contributed by atoms with Crippen LogP contribution in [0, 0.1) is 13.8 Å². The third kappa shape index (κ3) is 4.58. The number of aliphatic hydroxyl groups excluding tert-OH is 1. The minimum atomic E-state index is -0.621. The number of aliphatic hydroxyl groups is 1. The SMILES string of the molecule is Cc1cc(C(O)CCNC(=O)/C=C/c2cccs2)c(C)o1. The average Bonchev–Trinajstić information content (AvgIpc) is 3.05. The normalized spacial score (nSPS) is 12.7. The first kappa shape index (κ1) is 15.5. The van der Waals surface area contributed by atoms with E-state index in [9.17, 15) is 9.90 Å². The molecular weight excluding hydrogens is 286 g/mol. The molecule has 0 radical (unpaired) electrons. The van der Waals surface area contributed by atoms with Crippen LogP contribution in [0.4, 0.5) is 0 Å². The lowest BCUT2D eigenvalue weighted by molar-refractivity contribution is -0.116. The van der Waals surface area contributed by atoms with Gasteiger partial charge in [0.1, 0.15) is 11.5 Å². The Kier molecular flexibility index (Phi) is 5.36. The fraction of sp³-hybridized carbons (Fsp3) is 0.312. The van der Waals surface area contributed by atoms with Gasteiger partial charge in [0.2, 0.25) is 5.91 Å². The number of thiophene rings is 1. The largest absolute Gasteiger partial charge is 0.466 e. The number of rotatable bonds is 6. The van der Waals surface area contributed by atoms with Crippen LogP contribution in [-0.4, -0.2) is 17.6 Å². The highest BCUT2D eigenvalue weighted by molar-refractivity contribution is 7.10. The van der Waals surface area contributed by atoms with Crippen LogP contribution in [0.15, 0.2) is 34.1 Å². The molecule has 2 rings (SSSR count). The molecule has 112 valence electrons. The maximum Gasteiger partial charge on any atom is 0.244 e. The van der Waals surface area contributed by atoms with Gasteiger partial charge in [-0.25, -0.2) is 0 Å². The highest BCUT2D eigenvalue weighted by Gasteiger charge is 2.14. The van der Waals surface area contributed by atoms with Gasteiger partial charge < -0.3 is 14.8 Å². The second-order valence-corrected chi connectivity index (χ2v) is 5.79. The Hall–Kier alpha value is -1.85. The molecule has 1 unspecified atom stereocenters. The van der Waals surface area contributed by atoms with Crippen molar-refractivity contribution in [3.8, 4) is 0 Å². The van der Waals surface area contributed by atoms with Crippen LogP contribution in [0.1, 0.15) is 34.5 Å². The monoisotopic (exact) mass is 305 g/mol. The molecule has 21 heavy (non-hydrogen) atoms. The van der Waals surface area contributed by atoms with Gasteiger partial charge in [-0.05, 0) is 43.9 Å². The van der Waals surface area contributed by atoms with Crippen LogP contribution in [0.2, 0.25) is 0 Å². The summed E-state index contributed by atoms with van der Waals surface area (Å²) in [4.78, 5) is 12.7. The van der Waals surface area contributed by atoms with E-state index >= 15 is 0 Å². The summed E-state index contributed by atoms with van der Waals surface area (Å²) in [6.45, 7) is 4.09. The van der Waals surface area contributed by atoms with Crippen LogP contribution >= 0.6 is 11.3 Å². The van der Waals surface area contributed by atoms with Crippen molar-refractivity contribution in [2.24, 2.45) is 0 Å². The van der Waals surface area contributed by atoms with E-state index in [-0.39, 0.29) is 5.91 Å². The second kappa shape index (κ2) is 7.24. The predicted molar refractivity (Wildman–Crippen MR) is 84.1 cm³/mol. The lowest BCUT2D eigenvalue weighted by Crippen LogP contribution is -2.23. The summed E-state index contributed by atoms with van der Waals surface area (Å²) < 4.78 is 5.39. The number of hydrogen-bond acceptors (Lipinski definition) is 4. The Bertz CT molecular complexity index is 614. The molecule has 0 spiro atoms. The highest BCUT2D eigenvalue weighted by Crippen LogP contribution is 2.23. The average molecular weight is 305 g/mol. The molecule has 0 aromatic carbocycles. The van der Waals surface area contributed by atoms with E-state index in [2.05, 4.69) is 5.32 Å². The zero-order valence-electron chi connectivity index (χ0n) is 12.1. The minimum absolute atomic E-state index is 0.157. The quantitative estimate of drug-likeness (QED) is 0.806. The van der Waals surface area contributed by atoms with Gasteiger partial charge in [0.05, 0.1) is 6.10 Å². The molecule has 2 aromatic heterocycles. The van der Waals surface area contributed by atoms with Crippen molar-refractivity contribution in [1.29, 1.82) is 0 Å². The van der Waals surface area contributed by atoms with Gasteiger partial charge in [0, 0.05) is 23.1 Å². The van der Waals surface area contributed by atoms with Gasteiger partial charge >= 0.3 is 0 Å². The molecule has 0 aliphatic carbocycles. The van der Waals surface area contributed by atoms with Crippen molar-refractivity contribution in [1.82, 2.24) is 5.32 Å². The summed E-state index contributed by atoms with van der Waals surface area (Å²) in [6, 6.07) is 5.72. The summed E-state index contributed by atoms with van der Waals surface area (Å²) >= 11 is 1.58. The molecule has 0 aliphatic rings. The molecule has 2 N–H and O–H groups in total. The van der Waals surface area contributed by atoms with Crippen LogP contribution in [-0.2, 0) is 4.79 Å². The van der Waals surface area contributed by atoms with Crippen molar-refractivity contribution in [3.63, 3.8) is 0 Å². The van der Waals surface area contributed by atoms with E-state index in [1.165, 1.54) is 6.08 Å². The molecular formula is C16H19NO3S. The fourth-order valence-electron chi connectivity index (χ4n) is 2.07. The van der Waals surface area contributed by atoms with Crippen LogP contribution < -0.4 is 5.32 Å². The molecule has 1 atom stereocenters. The van der Waals surface area contributed by atoms with Gasteiger partial charge in [-0.15, -0.1) is 11.3 Å². The number of carbonyl (C=O) groups is 1. The molecule has 0 fully saturated rings. The zero-order valence-corrected chi connectivity index (χ0v) is 12.9. The summed E-state index contributed by atoms with van der Waals surface area (Å²) in [5.41, 5.74) is 0.788. The number of carbonyl (C=O) groups excluding carboxylic acids is 1. The first-order valence-electron chi connectivity index (χ1n) is 6.80. The predicted octanol–water partition coefficient (Wildman–Crippen LogP) is 3.21. The van der Waals surface area contributed by atoms with Crippen molar-refractivity contribution in [2.75, 3.05) is 6.54 Å². The Morgan fingerprint density at radius 3 is 2.95 bits per heavy atom. The van der Waals surface area contributed by atoms with Crippen molar-refractivity contribution < 1.29 is 14.3 Å². The van der Waals surface area contributed by atoms with E-state index in [4.69, 9.17) is 4.42 Å². The molecule has 2 heterocycles. The fourth-order valence-corrected chi connectivity index (χ4v) is 2.69. The summed E-state index contributed by atoms with van der Waals surface area (Å²) in [6.07, 6.45) is 3.12. The van der Waals surface area contributed by atoms with Crippen molar-refractivity contribution in [3.05, 3.63) is 51.6 Å². The third-order valence-electron chi connectivity index (χ3n) is 3.10. The van der Waals surface area contributed by atoms with Crippen molar-refractivity contribution >= 4 is 23.3 Å². The number of furan rings is 1. The van der Waals surface area contributed by atoms with Crippen molar-refractivity contribution in [2.45, 2.75) is 26.4 Å². The molecule has 0 aliphatic heterocycles. The smallest absolute Gasteiger partial charge is 0.244 e. The van der Waals surface area contributed by atoms with E-state index in [0.29, 0.717) is 13.0 Å². The number of nitrogens with one attached hydrogen (secondary N) is 1. The standard InChI is InChI=1S/C16H19NO3S/c1-11-10-14(12(2)20-11)15(18)7-8-17-16(19)6-5-13-4-3-9-21-13/h3-6,9-10,15,18H,7-8H2,1-2H3,(H,17,19)/b6-5+. The van der Waals surface area contributed by atoms with Gasteiger partial charge in [0.25, 0.3) is 0 Å². The lowest BCUT2D eigenvalue weighted by Gasteiger charge is -2.09. The molecule has 2 aromatic rings. The van der Waals surface area contributed by atoms with Gasteiger partial charge in [-0.3, -0.25) is 4.79 Å². The van der Waals surface area contributed by atoms with Gasteiger partial charge in [0.15, 0.2) is 0 Å². The summed E-state index contributed by atoms with van der Waals surface area (Å²) in [5.74, 6) is 1.35. The van der Waals surface area contributed by atoms with Crippen LogP contribution in [0.5, 0.6) is 0 Å². The molecule has 4 nitrogen and oxygen atoms in total. The first-order valence-corrected chi connectivity index (χ1v) is 7.68.